The molecule has 0 unspecified atom stereocenters. The van der Waals surface area contributed by atoms with Gasteiger partial charge in [0.05, 0.1) is 5.02 Å². The van der Waals surface area contributed by atoms with Crippen molar-refractivity contribution in [3.63, 3.8) is 0 Å². The van der Waals surface area contributed by atoms with Crippen molar-refractivity contribution >= 4 is 39.0 Å². The molecule has 2 rings (SSSR count). The van der Waals surface area contributed by atoms with Gasteiger partial charge in [0.25, 0.3) is 10.0 Å². The van der Waals surface area contributed by atoms with Crippen LogP contribution >= 0.6 is 23.2 Å². The highest BCUT2D eigenvalue weighted by Crippen LogP contribution is 2.35. The second-order valence-corrected chi connectivity index (χ2v) is 7.30. The second-order valence-electron chi connectivity index (χ2n) is 4.60. The Balaban J connectivity index is 2.66. The van der Waals surface area contributed by atoms with Gasteiger partial charge < -0.3 is 0 Å². The third-order valence-electron chi connectivity index (χ3n) is 3.18. The third kappa shape index (κ3) is 2.86. The lowest BCUT2D eigenvalue weighted by atomic mass is 10.2. The molecule has 4 nitrogen and oxygen atoms in total. The fraction of sp³-hybridized carbons (Fsp3) is 0.214. The second kappa shape index (κ2) is 5.83. The van der Waals surface area contributed by atoms with E-state index in [0.717, 1.165) is 4.31 Å². The van der Waals surface area contributed by atoms with Crippen molar-refractivity contribution in [1.29, 1.82) is 0 Å². The molecular formula is C14H14Cl2N2O2S. The first-order valence-electron chi connectivity index (χ1n) is 6.12. The van der Waals surface area contributed by atoms with E-state index in [1.165, 1.54) is 13.2 Å². The lowest BCUT2D eigenvalue weighted by Crippen LogP contribution is -2.28. The Morgan fingerprint density at radius 3 is 2.43 bits per heavy atom. The van der Waals surface area contributed by atoms with Gasteiger partial charge in [-0.1, -0.05) is 29.3 Å². The molecule has 1 aromatic carbocycles. The molecule has 0 radical (unpaired) electrons. The summed E-state index contributed by atoms with van der Waals surface area (Å²) in [4.78, 5) is 4.06. The van der Waals surface area contributed by atoms with E-state index in [1.807, 2.05) is 0 Å². The molecule has 21 heavy (non-hydrogen) atoms. The average molecular weight is 345 g/mol. The van der Waals surface area contributed by atoms with Crippen molar-refractivity contribution in [1.82, 2.24) is 4.98 Å². The number of anilines is 1. The Morgan fingerprint density at radius 2 is 1.86 bits per heavy atom. The molecule has 0 fully saturated rings. The van der Waals surface area contributed by atoms with Crippen LogP contribution in [0.1, 0.15) is 11.1 Å². The van der Waals surface area contributed by atoms with E-state index in [2.05, 4.69) is 4.98 Å². The summed E-state index contributed by atoms with van der Waals surface area (Å²) in [5.41, 5.74) is 1.04. The predicted molar refractivity (Wildman–Crippen MR) is 85.8 cm³/mol. The van der Waals surface area contributed by atoms with Crippen molar-refractivity contribution in [2.75, 3.05) is 11.4 Å². The van der Waals surface area contributed by atoms with Gasteiger partial charge in [-0.05, 0) is 43.2 Å². The minimum absolute atomic E-state index is 0.0160. The number of pyridine rings is 1. The summed E-state index contributed by atoms with van der Waals surface area (Å²) < 4.78 is 26.7. The van der Waals surface area contributed by atoms with E-state index in [1.54, 1.807) is 38.1 Å². The first-order chi connectivity index (χ1) is 9.76. The summed E-state index contributed by atoms with van der Waals surface area (Å²) in [7, 11) is -2.41. The van der Waals surface area contributed by atoms with Crippen LogP contribution in [-0.4, -0.2) is 20.4 Å². The minimum Gasteiger partial charge on any atom is -0.253 e. The maximum atomic E-state index is 12.8. The Kier molecular flexibility index (Phi) is 4.46. The van der Waals surface area contributed by atoms with Gasteiger partial charge in [0.15, 0.2) is 0 Å². The van der Waals surface area contributed by atoms with E-state index in [-0.39, 0.29) is 9.92 Å². The van der Waals surface area contributed by atoms with Gasteiger partial charge in [-0.3, -0.25) is 4.31 Å². The highest BCUT2D eigenvalue weighted by molar-refractivity contribution is 7.93. The maximum Gasteiger partial charge on any atom is 0.267 e. The average Bonchev–Trinajstić information content (AvgIpc) is 2.45. The Labute approximate surface area is 134 Å². The molecule has 7 heteroatoms. The first kappa shape index (κ1) is 16.1. The molecule has 2 aromatic rings. The monoisotopic (exact) mass is 344 g/mol. The Morgan fingerprint density at radius 1 is 1.19 bits per heavy atom. The SMILES string of the molecule is Cc1cc(Cl)c(C)c(S(=O)(=O)N(C)c2ccccn2)c1Cl. The molecule has 0 aliphatic carbocycles. The third-order valence-corrected chi connectivity index (χ3v) is 6.10. The fourth-order valence-corrected chi connectivity index (χ4v) is 4.24. The predicted octanol–water partition coefficient (Wildman–Crippen LogP) is 3.83. The molecule has 112 valence electrons. The lowest BCUT2D eigenvalue weighted by molar-refractivity contribution is 0.593. The van der Waals surface area contributed by atoms with Crippen LogP contribution in [0, 0.1) is 13.8 Å². The highest BCUT2D eigenvalue weighted by Gasteiger charge is 2.28. The zero-order chi connectivity index (χ0) is 15.8. The van der Waals surface area contributed by atoms with Crippen LogP contribution < -0.4 is 4.31 Å². The van der Waals surface area contributed by atoms with Gasteiger partial charge in [0.2, 0.25) is 0 Å². The molecule has 0 atom stereocenters. The van der Waals surface area contributed by atoms with E-state index in [0.29, 0.717) is 22.0 Å². The number of aryl methyl sites for hydroxylation is 1. The quantitative estimate of drug-likeness (QED) is 0.849. The molecular weight excluding hydrogens is 331 g/mol. The molecule has 0 aliphatic rings. The van der Waals surface area contributed by atoms with Crippen molar-refractivity contribution in [2.24, 2.45) is 0 Å². The van der Waals surface area contributed by atoms with Crippen molar-refractivity contribution < 1.29 is 8.42 Å². The zero-order valence-electron chi connectivity index (χ0n) is 11.8. The number of rotatable bonds is 3. The molecule has 1 heterocycles. The van der Waals surface area contributed by atoms with Crippen molar-refractivity contribution in [3.05, 3.63) is 51.6 Å². The number of benzene rings is 1. The smallest absolute Gasteiger partial charge is 0.253 e. The van der Waals surface area contributed by atoms with Crippen LogP contribution in [-0.2, 0) is 10.0 Å². The van der Waals surface area contributed by atoms with Crippen LogP contribution in [0.4, 0.5) is 5.82 Å². The summed E-state index contributed by atoms with van der Waals surface area (Å²) in [6.07, 6.45) is 1.53. The highest BCUT2D eigenvalue weighted by atomic mass is 35.5. The molecule has 1 aromatic heterocycles. The van der Waals surface area contributed by atoms with Crippen LogP contribution in [0.25, 0.3) is 0 Å². The molecule has 0 amide bonds. The number of hydrogen-bond acceptors (Lipinski definition) is 3. The maximum absolute atomic E-state index is 12.8. The Bertz CT molecular complexity index is 751. The van der Waals surface area contributed by atoms with Gasteiger partial charge in [0, 0.05) is 18.3 Å². The zero-order valence-corrected chi connectivity index (χ0v) is 14.1. The standard InChI is InChI=1S/C14H14Cl2N2O2S/c1-9-8-11(15)10(2)14(13(9)16)21(19,20)18(3)12-6-4-5-7-17-12/h4-8H,1-3H3. The first-order valence-corrected chi connectivity index (χ1v) is 8.31. The van der Waals surface area contributed by atoms with E-state index < -0.39 is 10.0 Å². The van der Waals surface area contributed by atoms with Crippen LogP contribution in [0.3, 0.4) is 0 Å². The number of nitrogens with zero attached hydrogens (tertiary/aromatic N) is 2. The van der Waals surface area contributed by atoms with E-state index in [4.69, 9.17) is 23.2 Å². The number of aromatic nitrogens is 1. The number of hydrogen-bond donors (Lipinski definition) is 0. The van der Waals surface area contributed by atoms with Crippen molar-refractivity contribution in [2.45, 2.75) is 18.7 Å². The van der Waals surface area contributed by atoms with Crippen LogP contribution in [0.2, 0.25) is 10.0 Å². The number of halogens is 2. The number of sulfonamides is 1. The van der Waals surface area contributed by atoms with E-state index in [9.17, 15) is 8.42 Å². The van der Waals surface area contributed by atoms with Crippen LogP contribution in [0.5, 0.6) is 0 Å². The van der Waals surface area contributed by atoms with Gasteiger partial charge >= 0.3 is 0 Å². The summed E-state index contributed by atoms with van der Waals surface area (Å²) >= 11 is 12.3. The fourth-order valence-electron chi connectivity index (χ4n) is 1.92. The molecule has 0 bridgehead atoms. The molecule has 0 N–H and O–H groups in total. The summed E-state index contributed by atoms with van der Waals surface area (Å²) in [6.45, 7) is 3.35. The summed E-state index contributed by atoms with van der Waals surface area (Å²) in [5, 5.41) is 0.546. The van der Waals surface area contributed by atoms with Gasteiger partial charge in [-0.2, -0.15) is 0 Å². The van der Waals surface area contributed by atoms with E-state index >= 15 is 0 Å². The van der Waals surface area contributed by atoms with Gasteiger partial charge in [-0.25, -0.2) is 13.4 Å². The molecule has 0 aliphatic heterocycles. The summed E-state index contributed by atoms with van der Waals surface area (Å²) in [6, 6.07) is 6.69. The molecule has 0 saturated heterocycles. The topological polar surface area (TPSA) is 50.3 Å². The lowest BCUT2D eigenvalue weighted by Gasteiger charge is -2.21. The largest absolute Gasteiger partial charge is 0.267 e. The summed E-state index contributed by atoms with van der Waals surface area (Å²) in [5.74, 6) is 0.311. The van der Waals surface area contributed by atoms with Crippen LogP contribution in [0.15, 0.2) is 35.4 Å². The van der Waals surface area contributed by atoms with Gasteiger partial charge in [0.1, 0.15) is 10.7 Å². The molecule has 0 saturated carbocycles. The van der Waals surface area contributed by atoms with Crippen molar-refractivity contribution in [3.8, 4) is 0 Å². The molecule has 0 spiro atoms. The van der Waals surface area contributed by atoms with Gasteiger partial charge in [-0.15, -0.1) is 0 Å². The minimum atomic E-state index is -3.84. The normalized spacial score (nSPS) is 11.5. The Hall–Kier alpha value is -1.30.